The lowest BCUT2D eigenvalue weighted by Gasteiger charge is -2.30. The molecule has 298 valence electrons. The molecule has 0 fully saturated rings. The van der Waals surface area contributed by atoms with Gasteiger partial charge < -0.3 is 15.4 Å². The Hall–Kier alpha value is -5.39. The number of anilines is 2. The molecule has 57 heavy (non-hydrogen) atoms. The van der Waals surface area contributed by atoms with Gasteiger partial charge in [0.15, 0.2) is 5.71 Å². The molecule has 0 radical (unpaired) electrons. The van der Waals surface area contributed by atoms with E-state index >= 15 is 0 Å². The van der Waals surface area contributed by atoms with Crippen LogP contribution < -0.4 is 15.4 Å². The van der Waals surface area contributed by atoms with Crippen LogP contribution in [-0.4, -0.2) is 52.1 Å². The number of rotatable bonds is 16. The van der Waals surface area contributed by atoms with Crippen LogP contribution in [0.2, 0.25) is 0 Å². The number of benzene rings is 3. The SMILES string of the molecule is CCN1/C(=C/C=C/C=C/C2=[N+](CC)c3ccc(S(=O)(=O)O)cc3C2(C)C)C(C)(CCCC(=O)CCc2ccc(COc3nccc(N)n3)cc2)c2cc(C)ccc21. The largest absolute Gasteiger partial charge is 0.459 e. The summed E-state index contributed by atoms with van der Waals surface area (Å²) in [7, 11) is -4.31. The van der Waals surface area contributed by atoms with Crippen LogP contribution in [0.5, 0.6) is 6.01 Å². The van der Waals surface area contributed by atoms with Gasteiger partial charge in [-0.2, -0.15) is 18.0 Å². The maximum absolute atomic E-state index is 13.2. The van der Waals surface area contributed by atoms with Crippen molar-refractivity contribution in [3.8, 4) is 6.01 Å². The van der Waals surface area contributed by atoms with Crippen LogP contribution in [-0.2, 0) is 38.8 Å². The Morgan fingerprint density at radius 1 is 0.947 bits per heavy atom. The van der Waals surface area contributed by atoms with E-state index in [1.54, 1.807) is 24.4 Å². The Kier molecular flexibility index (Phi) is 12.3. The zero-order valence-electron chi connectivity index (χ0n) is 33.8. The Bertz CT molecular complexity index is 2380. The van der Waals surface area contributed by atoms with E-state index in [1.807, 2.05) is 36.4 Å². The summed E-state index contributed by atoms with van der Waals surface area (Å²) in [6.07, 6.45) is 15.3. The molecule has 10 nitrogen and oxygen atoms in total. The second kappa shape index (κ2) is 17.0. The maximum atomic E-state index is 13.2. The molecule has 3 heterocycles. The van der Waals surface area contributed by atoms with Crippen LogP contribution in [0.4, 0.5) is 17.2 Å². The first kappa shape index (κ1) is 41.2. The number of hydrogen-bond donors (Lipinski definition) is 2. The molecule has 3 aromatic carbocycles. The molecule has 0 amide bonds. The monoisotopic (exact) mass is 788 g/mol. The van der Waals surface area contributed by atoms with Gasteiger partial charge in [-0.3, -0.25) is 9.35 Å². The predicted octanol–water partition coefficient (Wildman–Crippen LogP) is 8.76. The Balaban J connectivity index is 1.11. The highest BCUT2D eigenvalue weighted by atomic mass is 32.2. The number of Topliss-reactive ketones (excluding diaryl/α,β-unsaturated/α-hetero) is 1. The lowest BCUT2D eigenvalue weighted by molar-refractivity contribution is -0.433. The summed E-state index contributed by atoms with van der Waals surface area (Å²) in [5.74, 6) is 0.624. The van der Waals surface area contributed by atoms with Gasteiger partial charge in [-0.25, -0.2) is 4.98 Å². The van der Waals surface area contributed by atoms with Crippen LogP contribution in [0.3, 0.4) is 0 Å². The topological polar surface area (TPSA) is 139 Å². The molecule has 0 saturated heterocycles. The minimum Gasteiger partial charge on any atom is -0.459 e. The molecule has 3 N–H and O–H groups in total. The van der Waals surface area contributed by atoms with Gasteiger partial charge in [-0.15, -0.1) is 0 Å². The first-order valence-electron chi connectivity index (χ1n) is 19.7. The smallest absolute Gasteiger partial charge is 0.318 e. The second-order valence-corrected chi connectivity index (χ2v) is 17.0. The first-order chi connectivity index (χ1) is 27.1. The van der Waals surface area contributed by atoms with E-state index in [1.165, 1.54) is 28.6 Å². The van der Waals surface area contributed by atoms with Crippen molar-refractivity contribution >= 4 is 38.8 Å². The summed E-state index contributed by atoms with van der Waals surface area (Å²) in [5.41, 5.74) is 14.8. The highest BCUT2D eigenvalue weighted by Crippen LogP contribution is 2.51. The van der Waals surface area contributed by atoms with Crippen molar-refractivity contribution in [1.29, 1.82) is 0 Å². The fourth-order valence-electron chi connectivity index (χ4n) is 8.20. The number of aryl methyl sites for hydroxylation is 2. The van der Waals surface area contributed by atoms with Gasteiger partial charge in [0.25, 0.3) is 10.1 Å². The number of nitrogen functional groups attached to an aromatic ring is 1. The molecule has 0 bridgehead atoms. The van der Waals surface area contributed by atoms with Crippen molar-refractivity contribution in [3.05, 3.63) is 137 Å². The molecule has 1 atom stereocenters. The van der Waals surface area contributed by atoms with Crippen LogP contribution >= 0.6 is 0 Å². The summed E-state index contributed by atoms with van der Waals surface area (Å²) < 4.78 is 41.4. The average molecular weight is 789 g/mol. The molecule has 0 spiro atoms. The van der Waals surface area contributed by atoms with Crippen LogP contribution in [0.25, 0.3) is 0 Å². The second-order valence-electron chi connectivity index (χ2n) is 15.6. The molecule has 4 aromatic rings. The lowest BCUT2D eigenvalue weighted by atomic mass is 9.76. The van der Waals surface area contributed by atoms with Crippen molar-refractivity contribution in [2.75, 3.05) is 23.7 Å². The fraction of sp³-hybridized carbons (Fsp3) is 0.348. The van der Waals surface area contributed by atoms with Gasteiger partial charge in [-0.1, -0.05) is 60.2 Å². The normalized spacial score (nSPS) is 18.2. The van der Waals surface area contributed by atoms with E-state index in [4.69, 9.17) is 10.5 Å². The van der Waals surface area contributed by atoms with Crippen molar-refractivity contribution in [2.24, 2.45) is 0 Å². The van der Waals surface area contributed by atoms with Crippen LogP contribution in [0.15, 0.2) is 114 Å². The number of carbonyl (C=O) groups excluding carboxylic acids is 1. The molecule has 0 saturated carbocycles. The Labute approximate surface area is 337 Å². The minimum atomic E-state index is -4.31. The van der Waals surface area contributed by atoms with Crippen molar-refractivity contribution in [2.45, 2.75) is 96.0 Å². The van der Waals surface area contributed by atoms with Crippen molar-refractivity contribution in [1.82, 2.24) is 9.97 Å². The number of likely N-dealkylation sites (N-methyl/N-ethyl adjacent to an activating group) is 1. The third kappa shape index (κ3) is 8.95. The molecule has 1 aromatic heterocycles. The van der Waals surface area contributed by atoms with Crippen LogP contribution in [0.1, 0.15) is 88.1 Å². The highest BCUT2D eigenvalue weighted by Gasteiger charge is 2.45. The third-order valence-electron chi connectivity index (χ3n) is 11.3. The molecule has 1 unspecified atom stereocenters. The number of ether oxygens (including phenoxy) is 1. The molecular formula is C46H54N5O5S+. The van der Waals surface area contributed by atoms with E-state index in [9.17, 15) is 17.8 Å². The number of aromatic nitrogens is 2. The van der Waals surface area contributed by atoms with E-state index in [2.05, 4.69) is 97.4 Å². The van der Waals surface area contributed by atoms with Gasteiger partial charge in [-0.05, 0) is 108 Å². The van der Waals surface area contributed by atoms with Gasteiger partial charge in [0.2, 0.25) is 5.69 Å². The summed E-state index contributed by atoms with van der Waals surface area (Å²) in [5, 5.41) is 0. The number of nitrogens with zero attached hydrogens (tertiary/aromatic N) is 4. The van der Waals surface area contributed by atoms with Crippen LogP contribution in [0, 0.1) is 6.92 Å². The quantitative estimate of drug-likeness (QED) is 0.0648. The van der Waals surface area contributed by atoms with Crippen molar-refractivity contribution < 1.29 is 27.1 Å². The van der Waals surface area contributed by atoms with Gasteiger partial charge in [0, 0.05) is 60.1 Å². The van der Waals surface area contributed by atoms with E-state index < -0.39 is 15.5 Å². The predicted molar refractivity (Wildman–Crippen MR) is 227 cm³/mol. The van der Waals surface area contributed by atoms with Crippen molar-refractivity contribution in [3.63, 3.8) is 0 Å². The molecule has 2 aliphatic rings. The lowest BCUT2D eigenvalue weighted by Crippen LogP contribution is -2.28. The standard InChI is InChI=1S/C46H53N5O5S/c1-7-50-39-25-23-36(57(53,54)55)30-37(39)45(4,5)41(50)14-10-9-11-15-42-46(6,38-29-32(3)16-24-40(38)51(42)8-2)27-12-13-35(52)22-21-33-17-19-34(20-18-33)31-56-44-48-28-26-43(47)49-44/h9-11,14-20,23-26,28-30H,7-8,12-13,21-22,27,31H2,1-6H3,(H2-,47,48,49,53,54,55)/p+1. The molecule has 2 aliphatic heterocycles. The zero-order chi connectivity index (χ0) is 41.0. The fourth-order valence-corrected chi connectivity index (χ4v) is 8.71. The number of allylic oxidation sites excluding steroid dienone is 6. The summed E-state index contributed by atoms with van der Waals surface area (Å²) >= 11 is 0. The first-order valence-corrected chi connectivity index (χ1v) is 21.1. The number of fused-ring (bicyclic) bond motifs is 2. The van der Waals surface area contributed by atoms with Gasteiger partial charge in [0.1, 0.15) is 24.8 Å². The highest BCUT2D eigenvalue weighted by molar-refractivity contribution is 7.85. The molecule has 11 heteroatoms. The Morgan fingerprint density at radius 2 is 1.70 bits per heavy atom. The third-order valence-corrected chi connectivity index (χ3v) is 12.1. The van der Waals surface area contributed by atoms with E-state index in [-0.39, 0.29) is 22.1 Å². The van der Waals surface area contributed by atoms with E-state index in [0.29, 0.717) is 38.2 Å². The number of ketones is 1. The zero-order valence-corrected chi connectivity index (χ0v) is 34.6. The molecular weight excluding hydrogens is 735 g/mol. The summed E-state index contributed by atoms with van der Waals surface area (Å²) in [4.78, 5) is 23.6. The number of nitrogens with two attached hydrogens (primary N) is 1. The van der Waals surface area contributed by atoms with Gasteiger partial charge in [0.05, 0.1) is 10.3 Å². The van der Waals surface area contributed by atoms with Gasteiger partial charge >= 0.3 is 6.01 Å². The van der Waals surface area contributed by atoms with E-state index in [0.717, 1.165) is 47.5 Å². The Morgan fingerprint density at radius 3 is 2.40 bits per heavy atom. The number of hydrogen-bond acceptors (Lipinski definition) is 8. The molecule has 0 aliphatic carbocycles. The summed E-state index contributed by atoms with van der Waals surface area (Å²) in [6.45, 7) is 14.7. The minimum absolute atomic E-state index is 0.0980. The number of carbonyl (C=O) groups is 1. The molecule has 6 rings (SSSR count). The maximum Gasteiger partial charge on any atom is 0.318 e. The average Bonchev–Trinajstić information content (AvgIpc) is 3.54. The summed E-state index contributed by atoms with van der Waals surface area (Å²) in [6, 6.07) is 21.4.